The molecule has 0 aromatic heterocycles. The van der Waals surface area contributed by atoms with Crippen LogP contribution >= 0.6 is 0 Å². The first-order valence-electron chi connectivity index (χ1n) is 6.57. The molecule has 0 aliphatic carbocycles. The van der Waals surface area contributed by atoms with E-state index in [-0.39, 0.29) is 18.1 Å². The lowest BCUT2D eigenvalue weighted by Gasteiger charge is -2.09. The average Bonchev–Trinajstić information content (AvgIpc) is 2.39. The number of carbonyl (C=O) groups is 1. The predicted octanol–water partition coefficient (Wildman–Crippen LogP) is 1.52. The molecule has 0 aliphatic heterocycles. The number of anilines is 2. The molecule has 20 heavy (non-hydrogen) atoms. The van der Waals surface area contributed by atoms with E-state index in [1.54, 1.807) is 24.3 Å². The van der Waals surface area contributed by atoms with E-state index in [0.29, 0.717) is 24.3 Å². The second kappa shape index (κ2) is 7.86. The van der Waals surface area contributed by atoms with Gasteiger partial charge in [0.05, 0.1) is 5.75 Å². The van der Waals surface area contributed by atoms with Crippen molar-refractivity contribution < 1.29 is 13.2 Å². The summed E-state index contributed by atoms with van der Waals surface area (Å²) < 4.78 is 25.9. The predicted molar refractivity (Wildman–Crippen MR) is 81.1 cm³/mol. The summed E-state index contributed by atoms with van der Waals surface area (Å²) in [4.78, 5) is 11.3. The van der Waals surface area contributed by atoms with Crippen LogP contribution in [-0.4, -0.2) is 26.6 Å². The van der Waals surface area contributed by atoms with Crippen LogP contribution in [0.4, 0.5) is 11.4 Å². The van der Waals surface area contributed by atoms with Gasteiger partial charge in [-0.05, 0) is 30.7 Å². The van der Waals surface area contributed by atoms with E-state index < -0.39 is 10.0 Å². The summed E-state index contributed by atoms with van der Waals surface area (Å²) in [7, 11) is -3.30. The number of hydrogen-bond donors (Lipinski definition) is 3. The lowest BCUT2D eigenvalue weighted by Crippen LogP contribution is -2.17. The molecule has 4 N–H and O–H groups in total. The minimum absolute atomic E-state index is 0.110. The molecule has 0 bridgehead atoms. The molecule has 0 saturated heterocycles. The van der Waals surface area contributed by atoms with Crippen LogP contribution in [0.2, 0.25) is 0 Å². The Hall–Kier alpha value is -1.60. The summed E-state index contributed by atoms with van der Waals surface area (Å²) in [6.07, 6.45) is 1.71. The van der Waals surface area contributed by atoms with Crippen LogP contribution in [0.25, 0.3) is 0 Å². The second-order valence-corrected chi connectivity index (χ2v) is 6.28. The van der Waals surface area contributed by atoms with Gasteiger partial charge in [0.15, 0.2) is 0 Å². The third-order valence-electron chi connectivity index (χ3n) is 2.58. The lowest BCUT2D eigenvalue weighted by molar-refractivity contribution is -0.116. The minimum atomic E-state index is -3.30. The van der Waals surface area contributed by atoms with Crippen molar-refractivity contribution in [2.24, 2.45) is 5.73 Å². The Bertz CT molecular complexity index is 526. The molecule has 1 aromatic rings. The normalized spacial score (nSPS) is 11.1. The Morgan fingerprint density at radius 1 is 1.20 bits per heavy atom. The number of amides is 1. The molecule has 0 radical (unpaired) electrons. The molecule has 0 spiro atoms. The number of sulfonamides is 1. The number of nitrogens with two attached hydrogens (primary N) is 1. The molecule has 0 fully saturated rings. The molecule has 0 heterocycles. The number of carbonyl (C=O) groups excluding carboxylic acids is 1. The molecule has 1 aromatic carbocycles. The van der Waals surface area contributed by atoms with Crippen molar-refractivity contribution in [2.45, 2.75) is 26.2 Å². The van der Waals surface area contributed by atoms with E-state index in [0.717, 1.165) is 6.42 Å². The highest BCUT2D eigenvalue weighted by Crippen LogP contribution is 2.15. The van der Waals surface area contributed by atoms with E-state index >= 15 is 0 Å². The smallest absolute Gasteiger partial charge is 0.232 e. The third kappa shape index (κ3) is 6.03. The van der Waals surface area contributed by atoms with Gasteiger partial charge in [-0.2, -0.15) is 0 Å². The van der Waals surface area contributed by atoms with Crippen LogP contribution in [0.15, 0.2) is 24.3 Å². The second-order valence-electron chi connectivity index (χ2n) is 4.44. The SMILES string of the molecule is CCCCS(=O)(=O)Nc1ccc(NC(=O)CCN)cc1. The van der Waals surface area contributed by atoms with Crippen LogP contribution in [0.1, 0.15) is 26.2 Å². The maximum atomic E-state index is 11.7. The molecule has 112 valence electrons. The Balaban J connectivity index is 2.60. The summed E-state index contributed by atoms with van der Waals surface area (Å²) in [5.41, 5.74) is 6.37. The topological polar surface area (TPSA) is 101 Å². The number of hydrogen-bond acceptors (Lipinski definition) is 4. The fourth-order valence-corrected chi connectivity index (χ4v) is 2.81. The van der Waals surface area contributed by atoms with Gasteiger partial charge >= 0.3 is 0 Å². The largest absolute Gasteiger partial charge is 0.330 e. The Labute approximate surface area is 119 Å². The summed E-state index contributed by atoms with van der Waals surface area (Å²) >= 11 is 0. The highest BCUT2D eigenvalue weighted by Gasteiger charge is 2.09. The van der Waals surface area contributed by atoms with Gasteiger partial charge in [0.2, 0.25) is 15.9 Å². The zero-order valence-electron chi connectivity index (χ0n) is 11.6. The highest BCUT2D eigenvalue weighted by atomic mass is 32.2. The van der Waals surface area contributed by atoms with E-state index in [2.05, 4.69) is 10.0 Å². The maximum absolute atomic E-state index is 11.7. The van der Waals surface area contributed by atoms with Gasteiger partial charge in [-0.1, -0.05) is 13.3 Å². The molecule has 1 rings (SSSR count). The third-order valence-corrected chi connectivity index (χ3v) is 3.95. The molecular formula is C13H21N3O3S. The number of unbranched alkanes of at least 4 members (excludes halogenated alkanes) is 1. The molecule has 7 heteroatoms. The molecule has 0 aliphatic rings. The van der Waals surface area contributed by atoms with Crippen molar-refractivity contribution in [3.63, 3.8) is 0 Å². The van der Waals surface area contributed by atoms with Crippen LogP contribution in [-0.2, 0) is 14.8 Å². The van der Waals surface area contributed by atoms with Crippen LogP contribution < -0.4 is 15.8 Å². The fraction of sp³-hybridized carbons (Fsp3) is 0.462. The van der Waals surface area contributed by atoms with Gasteiger partial charge in [0, 0.05) is 24.3 Å². The average molecular weight is 299 g/mol. The van der Waals surface area contributed by atoms with Crippen molar-refractivity contribution in [2.75, 3.05) is 22.3 Å². The molecular weight excluding hydrogens is 278 g/mol. The van der Waals surface area contributed by atoms with E-state index in [1.807, 2.05) is 6.92 Å². The first-order valence-corrected chi connectivity index (χ1v) is 8.22. The Kier molecular flexibility index (Phi) is 6.47. The van der Waals surface area contributed by atoms with Crippen molar-refractivity contribution in [3.05, 3.63) is 24.3 Å². The number of rotatable bonds is 8. The van der Waals surface area contributed by atoms with Gasteiger partial charge in [0.1, 0.15) is 0 Å². The summed E-state index contributed by atoms with van der Waals surface area (Å²) in [5.74, 6) is -0.0536. The quantitative estimate of drug-likeness (QED) is 0.677. The number of benzene rings is 1. The molecule has 0 unspecified atom stereocenters. The van der Waals surface area contributed by atoms with Crippen molar-refractivity contribution in [1.82, 2.24) is 0 Å². The van der Waals surface area contributed by atoms with E-state index in [1.165, 1.54) is 0 Å². The van der Waals surface area contributed by atoms with Crippen molar-refractivity contribution in [1.29, 1.82) is 0 Å². The first-order chi connectivity index (χ1) is 9.46. The molecule has 0 atom stereocenters. The van der Waals surface area contributed by atoms with Crippen molar-refractivity contribution >= 4 is 27.3 Å². The van der Waals surface area contributed by atoms with E-state index in [4.69, 9.17) is 5.73 Å². The van der Waals surface area contributed by atoms with Gasteiger partial charge in [-0.15, -0.1) is 0 Å². The van der Waals surface area contributed by atoms with Crippen molar-refractivity contribution in [3.8, 4) is 0 Å². The maximum Gasteiger partial charge on any atom is 0.232 e. The van der Waals surface area contributed by atoms with E-state index in [9.17, 15) is 13.2 Å². The highest BCUT2D eigenvalue weighted by molar-refractivity contribution is 7.92. The zero-order chi connectivity index (χ0) is 15.0. The van der Waals surface area contributed by atoms with Gasteiger partial charge in [0.25, 0.3) is 0 Å². The van der Waals surface area contributed by atoms with Crippen LogP contribution in [0.5, 0.6) is 0 Å². The van der Waals surface area contributed by atoms with Gasteiger partial charge in [-0.3, -0.25) is 9.52 Å². The molecule has 6 nitrogen and oxygen atoms in total. The zero-order valence-corrected chi connectivity index (χ0v) is 12.4. The van der Waals surface area contributed by atoms with Gasteiger partial charge < -0.3 is 11.1 Å². The molecule has 0 saturated carbocycles. The van der Waals surface area contributed by atoms with Crippen LogP contribution in [0, 0.1) is 0 Å². The van der Waals surface area contributed by atoms with Gasteiger partial charge in [-0.25, -0.2) is 8.42 Å². The monoisotopic (exact) mass is 299 g/mol. The first kappa shape index (κ1) is 16.5. The summed E-state index contributed by atoms with van der Waals surface area (Å²) in [6, 6.07) is 6.52. The minimum Gasteiger partial charge on any atom is -0.330 e. The fourth-order valence-electron chi connectivity index (χ4n) is 1.54. The lowest BCUT2D eigenvalue weighted by atomic mass is 10.3. The van der Waals surface area contributed by atoms with Crippen LogP contribution in [0.3, 0.4) is 0 Å². The Morgan fingerprint density at radius 2 is 1.80 bits per heavy atom. The Morgan fingerprint density at radius 3 is 2.35 bits per heavy atom. The molecule has 1 amide bonds. The standard InChI is InChI=1S/C13H21N3O3S/c1-2-3-10-20(18,19)16-12-6-4-11(5-7-12)15-13(17)8-9-14/h4-7,16H,2-3,8-10,14H2,1H3,(H,15,17). The number of nitrogens with one attached hydrogen (secondary N) is 2. The summed E-state index contributed by atoms with van der Waals surface area (Å²) in [6.45, 7) is 2.23. The summed E-state index contributed by atoms with van der Waals surface area (Å²) in [5, 5.41) is 2.67.